The van der Waals surface area contributed by atoms with Crippen molar-refractivity contribution >= 4 is 18.0 Å². The second kappa shape index (κ2) is 9.36. The summed E-state index contributed by atoms with van der Waals surface area (Å²) in [6.07, 6.45) is 1.45. The molecule has 0 atom stereocenters. The Morgan fingerprint density at radius 2 is 1.77 bits per heavy atom. The van der Waals surface area contributed by atoms with E-state index in [9.17, 15) is 9.59 Å². The molecule has 0 fully saturated rings. The molecule has 26 heavy (non-hydrogen) atoms. The van der Waals surface area contributed by atoms with Crippen LogP contribution in [0.2, 0.25) is 0 Å². The monoisotopic (exact) mass is 353 g/mol. The minimum atomic E-state index is -0.812. The summed E-state index contributed by atoms with van der Waals surface area (Å²) in [6.45, 7) is 6.01. The molecule has 2 aromatic rings. The molecule has 0 aromatic heterocycles. The van der Waals surface area contributed by atoms with E-state index in [4.69, 9.17) is 4.74 Å². The zero-order valence-electron chi connectivity index (χ0n) is 15.2. The molecule has 0 unspecified atom stereocenters. The molecular formula is C20H23N3O3. The Morgan fingerprint density at radius 3 is 2.46 bits per heavy atom. The van der Waals surface area contributed by atoms with Gasteiger partial charge < -0.3 is 10.1 Å². The SMILES string of the molecule is Cc1ccc(COc2ccccc2/C=N\NC(=O)C(=O)NC(C)C)cc1. The average molecular weight is 353 g/mol. The van der Waals surface area contributed by atoms with Crippen molar-refractivity contribution in [3.63, 3.8) is 0 Å². The second-order valence-corrected chi connectivity index (χ2v) is 6.14. The van der Waals surface area contributed by atoms with Gasteiger partial charge in [-0.05, 0) is 38.5 Å². The Hall–Kier alpha value is -3.15. The van der Waals surface area contributed by atoms with Gasteiger partial charge in [0.15, 0.2) is 0 Å². The van der Waals surface area contributed by atoms with Gasteiger partial charge in [0, 0.05) is 11.6 Å². The van der Waals surface area contributed by atoms with Crippen LogP contribution in [-0.4, -0.2) is 24.1 Å². The lowest BCUT2D eigenvalue weighted by Gasteiger charge is -2.09. The van der Waals surface area contributed by atoms with Crippen LogP contribution in [0, 0.1) is 6.92 Å². The lowest BCUT2D eigenvalue weighted by Crippen LogP contribution is -2.41. The maximum atomic E-state index is 11.6. The van der Waals surface area contributed by atoms with Gasteiger partial charge in [0.05, 0.1) is 6.21 Å². The first-order chi connectivity index (χ1) is 12.5. The summed E-state index contributed by atoms with van der Waals surface area (Å²) in [6, 6.07) is 15.3. The number of carbonyl (C=O) groups is 2. The van der Waals surface area contributed by atoms with Crippen LogP contribution in [0.15, 0.2) is 53.6 Å². The largest absolute Gasteiger partial charge is 0.488 e. The van der Waals surface area contributed by atoms with E-state index in [-0.39, 0.29) is 6.04 Å². The average Bonchev–Trinajstić information content (AvgIpc) is 2.61. The normalized spacial score (nSPS) is 10.8. The predicted molar refractivity (Wildman–Crippen MR) is 101 cm³/mol. The van der Waals surface area contributed by atoms with Crippen molar-refractivity contribution in [2.45, 2.75) is 33.4 Å². The smallest absolute Gasteiger partial charge is 0.329 e. The van der Waals surface area contributed by atoms with Crippen molar-refractivity contribution in [2.75, 3.05) is 0 Å². The predicted octanol–water partition coefficient (Wildman–Crippen LogP) is 2.55. The lowest BCUT2D eigenvalue weighted by atomic mass is 10.1. The van der Waals surface area contributed by atoms with Crippen LogP contribution in [-0.2, 0) is 16.2 Å². The number of hydrogen-bond acceptors (Lipinski definition) is 4. The first-order valence-electron chi connectivity index (χ1n) is 8.37. The molecule has 2 N–H and O–H groups in total. The molecule has 0 aliphatic carbocycles. The molecule has 0 aliphatic rings. The molecule has 2 amide bonds. The Kier molecular flexibility index (Phi) is 6.91. The Labute approximate surface area is 153 Å². The number of carbonyl (C=O) groups excluding carboxylic acids is 2. The molecule has 0 bridgehead atoms. The Morgan fingerprint density at radius 1 is 1.08 bits per heavy atom. The van der Waals surface area contributed by atoms with Crippen LogP contribution in [0.1, 0.15) is 30.5 Å². The number of nitrogens with zero attached hydrogens (tertiary/aromatic N) is 1. The van der Waals surface area contributed by atoms with Crippen LogP contribution in [0.4, 0.5) is 0 Å². The summed E-state index contributed by atoms with van der Waals surface area (Å²) in [5.74, 6) is -0.897. The molecule has 0 aliphatic heterocycles. The first kappa shape index (κ1) is 19.2. The van der Waals surface area contributed by atoms with Gasteiger partial charge in [-0.3, -0.25) is 9.59 Å². The van der Waals surface area contributed by atoms with E-state index < -0.39 is 11.8 Å². The van der Waals surface area contributed by atoms with Crippen LogP contribution < -0.4 is 15.5 Å². The Bertz CT molecular complexity index is 783. The zero-order valence-corrected chi connectivity index (χ0v) is 15.2. The number of aryl methyl sites for hydroxylation is 1. The van der Waals surface area contributed by atoms with Crippen LogP contribution in [0.5, 0.6) is 5.75 Å². The number of ether oxygens (including phenoxy) is 1. The molecule has 0 radical (unpaired) electrons. The van der Waals surface area contributed by atoms with Crippen molar-refractivity contribution in [3.05, 3.63) is 65.2 Å². The molecule has 2 aromatic carbocycles. The van der Waals surface area contributed by atoms with E-state index in [0.29, 0.717) is 17.9 Å². The topological polar surface area (TPSA) is 79.8 Å². The summed E-state index contributed by atoms with van der Waals surface area (Å²) >= 11 is 0. The summed E-state index contributed by atoms with van der Waals surface area (Å²) in [5.41, 5.74) is 5.15. The fraction of sp³-hybridized carbons (Fsp3) is 0.250. The highest BCUT2D eigenvalue weighted by Crippen LogP contribution is 2.17. The number of nitrogens with one attached hydrogen (secondary N) is 2. The zero-order chi connectivity index (χ0) is 18.9. The van der Waals surface area contributed by atoms with E-state index in [1.807, 2.05) is 55.5 Å². The number of amides is 2. The number of hydrazone groups is 1. The van der Waals surface area contributed by atoms with Crippen molar-refractivity contribution in [1.29, 1.82) is 0 Å². The van der Waals surface area contributed by atoms with Gasteiger partial charge in [0.25, 0.3) is 0 Å². The summed E-state index contributed by atoms with van der Waals surface area (Å²) in [4.78, 5) is 23.1. The number of benzene rings is 2. The van der Waals surface area contributed by atoms with Crippen LogP contribution >= 0.6 is 0 Å². The molecule has 136 valence electrons. The second-order valence-electron chi connectivity index (χ2n) is 6.14. The van der Waals surface area contributed by atoms with Crippen molar-refractivity contribution in [2.24, 2.45) is 5.10 Å². The number of rotatable bonds is 6. The van der Waals surface area contributed by atoms with E-state index >= 15 is 0 Å². The molecule has 6 nitrogen and oxygen atoms in total. The molecule has 0 spiro atoms. The number of hydrogen-bond donors (Lipinski definition) is 2. The van der Waals surface area contributed by atoms with Gasteiger partial charge >= 0.3 is 11.8 Å². The van der Waals surface area contributed by atoms with Gasteiger partial charge in [-0.1, -0.05) is 42.0 Å². The summed E-state index contributed by atoms with van der Waals surface area (Å²) < 4.78 is 5.84. The quantitative estimate of drug-likeness (QED) is 0.476. The molecule has 6 heteroatoms. The van der Waals surface area contributed by atoms with Crippen LogP contribution in [0.25, 0.3) is 0 Å². The van der Waals surface area contributed by atoms with Crippen molar-refractivity contribution in [3.8, 4) is 5.75 Å². The molecule has 0 saturated heterocycles. The third-order valence-electron chi connectivity index (χ3n) is 3.43. The maximum Gasteiger partial charge on any atom is 0.329 e. The Balaban J connectivity index is 1.96. The fourth-order valence-electron chi connectivity index (χ4n) is 2.10. The van der Waals surface area contributed by atoms with Crippen LogP contribution in [0.3, 0.4) is 0 Å². The van der Waals surface area contributed by atoms with Crippen molar-refractivity contribution in [1.82, 2.24) is 10.7 Å². The van der Waals surface area contributed by atoms with Gasteiger partial charge in [-0.15, -0.1) is 0 Å². The maximum absolute atomic E-state index is 11.6. The molecule has 0 saturated carbocycles. The van der Waals surface area contributed by atoms with Crippen molar-refractivity contribution < 1.29 is 14.3 Å². The summed E-state index contributed by atoms with van der Waals surface area (Å²) in [7, 11) is 0. The molecular weight excluding hydrogens is 330 g/mol. The third-order valence-corrected chi connectivity index (χ3v) is 3.43. The van der Waals surface area contributed by atoms with E-state index in [2.05, 4.69) is 15.8 Å². The molecule has 2 rings (SSSR count). The third kappa shape index (κ3) is 6.05. The van der Waals surface area contributed by atoms with Gasteiger partial charge in [0.1, 0.15) is 12.4 Å². The lowest BCUT2D eigenvalue weighted by molar-refractivity contribution is -0.139. The highest BCUT2D eigenvalue weighted by atomic mass is 16.5. The number of para-hydroxylation sites is 1. The van der Waals surface area contributed by atoms with Gasteiger partial charge in [-0.25, -0.2) is 5.43 Å². The van der Waals surface area contributed by atoms with E-state index in [0.717, 1.165) is 5.56 Å². The molecule has 0 heterocycles. The van der Waals surface area contributed by atoms with E-state index in [1.54, 1.807) is 13.8 Å². The fourth-order valence-corrected chi connectivity index (χ4v) is 2.10. The van der Waals surface area contributed by atoms with Gasteiger partial charge in [-0.2, -0.15) is 5.10 Å². The van der Waals surface area contributed by atoms with Gasteiger partial charge in [0.2, 0.25) is 0 Å². The minimum Gasteiger partial charge on any atom is -0.488 e. The highest BCUT2D eigenvalue weighted by molar-refractivity contribution is 6.35. The minimum absolute atomic E-state index is 0.117. The first-order valence-corrected chi connectivity index (χ1v) is 8.37. The highest BCUT2D eigenvalue weighted by Gasteiger charge is 2.13. The summed E-state index contributed by atoms with van der Waals surface area (Å²) in [5, 5.41) is 6.33. The standard InChI is InChI=1S/C20H23N3O3/c1-14(2)22-19(24)20(25)23-21-12-17-6-4-5-7-18(17)26-13-16-10-8-15(3)9-11-16/h4-12,14H,13H2,1-3H3,(H,22,24)(H,23,25)/b21-12-. The van der Waals surface area contributed by atoms with E-state index in [1.165, 1.54) is 11.8 Å².